The number of hydrogen-bond donors (Lipinski definition) is 1. The molecule has 0 saturated carbocycles. The maximum absolute atomic E-state index is 13.0. The van der Waals surface area contributed by atoms with Gasteiger partial charge in [-0.15, -0.1) is 0 Å². The number of carbonyl (C=O) groups excluding carboxylic acids is 2. The van der Waals surface area contributed by atoms with E-state index in [0.717, 1.165) is 6.08 Å². The fourth-order valence-corrected chi connectivity index (χ4v) is 1.98. The van der Waals surface area contributed by atoms with Gasteiger partial charge in [0.2, 0.25) is 0 Å². The summed E-state index contributed by atoms with van der Waals surface area (Å²) >= 11 is 0. The highest BCUT2D eigenvalue weighted by Crippen LogP contribution is 2.17. The van der Waals surface area contributed by atoms with Gasteiger partial charge >= 0.3 is 5.97 Å². The van der Waals surface area contributed by atoms with Crippen molar-refractivity contribution >= 4 is 29.3 Å². The lowest BCUT2D eigenvalue weighted by Gasteiger charge is -2.12. The van der Waals surface area contributed by atoms with Crippen molar-refractivity contribution < 1.29 is 23.6 Å². The summed E-state index contributed by atoms with van der Waals surface area (Å²) in [5, 5.41) is 13.1. The summed E-state index contributed by atoms with van der Waals surface area (Å²) in [6.45, 7) is 1.36. The van der Waals surface area contributed by atoms with Gasteiger partial charge in [-0.2, -0.15) is 0 Å². The lowest BCUT2D eigenvalue weighted by atomic mass is 10.2. The monoisotopic (exact) mass is 358 g/mol. The van der Waals surface area contributed by atoms with E-state index in [9.17, 15) is 24.1 Å². The molecule has 2 rings (SSSR count). The number of esters is 1. The standard InChI is InChI=1S/C18H15FN2O5/c1-12(18(23)20-15-6-3-7-16(11-15)21(24)25)26-17(22)9-8-13-4-2-5-14(19)10-13/h2-12H,1H3,(H,20,23)/b9-8+/t12-/m0/s1. The molecule has 0 bridgehead atoms. The second-order valence-corrected chi connectivity index (χ2v) is 5.26. The molecule has 0 heterocycles. The van der Waals surface area contributed by atoms with Crippen molar-refractivity contribution in [3.8, 4) is 0 Å². The summed E-state index contributed by atoms with van der Waals surface area (Å²) in [5.74, 6) is -1.86. The number of hydrogen-bond acceptors (Lipinski definition) is 5. The Bertz CT molecular complexity index is 866. The molecule has 2 aromatic carbocycles. The van der Waals surface area contributed by atoms with E-state index in [4.69, 9.17) is 4.74 Å². The summed E-state index contributed by atoms with van der Waals surface area (Å²) in [7, 11) is 0. The second-order valence-electron chi connectivity index (χ2n) is 5.26. The van der Waals surface area contributed by atoms with Gasteiger partial charge in [-0.3, -0.25) is 14.9 Å². The van der Waals surface area contributed by atoms with E-state index in [0.29, 0.717) is 5.56 Å². The average Bonchev–Trinajstić information content (AvgIpc) is 2.60. The number of nitrogens with zero attached hydrogens (tertiary/aromatic N) is 1. The second kappa shape index (κ2) is 8.52. The summed E-state index contributed by atoms with van der Waals surface area (Å²) in [6.07, 6.45) is 1.31. The zero-order valence-corrected chi connectivity index (χ0v) is 13.7. The maximum Gasteiger partial charge on any atom is 0.331 e. The topological polar surface area (TPSA) is 98.5 Å². The first-order chi connectivity index (χ1) is 12.3. The molecule has 1 atom stereocenters. The van der Waals surface area contributed by atoms with Crippen LogP contribution in [-0.2, 0) is 14.3 Å². The molecule has 26 heavy (non-hydrogen) atoms. The largest absolute Gasteiger partial charge is 0.449 e. The van der Waals surface area contributed by atoms with E-state index < -0.39 is 28.7 Å². The van der Waals surface area contributed by atoms with Crippen LogP contribution in [0.25, 0.3) is 6.08 Å². The Morgan fingerprint density at radius 2 is 1.96 bits per heavy atom. The van der Waals surface area contributed by atoms with Crippen LogP contribution in [-0.4, -0.2) is 22.9 Å². The average molecular weight is 358 g/mol. The van der Waals surface area contributed by atoms with Crippen LogP contribution < -0.4 is 5.32 Å². The Morgan fingerprint density at radius 1 is 1.23 bits per heavy atom. The summed E-state index contributed by atoms with van der Waals surface area (Å²) in [4.78, 5) is 33.9. The van der Waals surface area contributed by atoms with Crippen LogP contribution in [0.15, 0.2) is 54.6 Å². The van der Waals surface area contributed by atoms with Gasteiger partial charge in [-0.25, -0.2) is 9.18 Å². The van der Waals surface area contributed by atoms with Gasteiger partial charge in [0.1, 0.15) is 5.82 Å². The van der Waals surface area contributed by atoms with Crippen LogP contribution in [0.1, 0.15) is 12.5 Å². The van der Waals surface area contributed by atoms with E-state index in [-0.39, 0.29) is 11.4 Å². The van der Waals surface area contributed by atoms with Gasteiger partial charge in [0.05, 0.1) is 4.92 Å². The van der Waals surface area contributed by atoms with Crippen LogP contribution in [0.5, 0.6) is 0 Å². The Morgan fingerprint density at radius 3 is 2.65 bits per heavy atom. The van der Waals surface area contributed by atoms with E-state index in [1.54, 1.807) is 6.07 Å². The molecular formula is C18H15FN2O5. The van der Waals surface area contributed by atoms with Crippen molar-refractivity contribution in [3.63, 3.8) is 0 Å². The number of halogens is 1. The predicted molar refractivity (Wildman–Crippen MR) is 92.7 cm³/mol. The van der Waals surface area contributed by atoms with Crippen LogP contribution in [0.3, 0.4) is 0 Å². The quantitative estimate of drug-likeness (QED) is 0.370. The Kier molecular flexibility index (Phi) is 6.15. The van der Waals surface area contributed by atoms with Gasteiger partial charge in [-0.1, -0.05) is 18.2 Å². The number of carbonyl (C=O) groups is 2. The summed E-state index contributed by atoms with van der Waals surface area (Å²) < 4.78 is 18.0. The molecular weight excluding hydrogens is 343 g/mol. The number of nitro benzene ring substituents is 1. The van der Waals surface area contributed by atoms with Crippen molar-refractivity contribution in [3.05, 3.63) is 76.1 Å². The minimum Gasteiger partial charge on any atom is -0.449 e. The Balaban J connectivity index is 1.93. The molecule has 1 N–H and O–H groups in total. The third kappa shape index (κ3) is 5.52. The SMILES string of the molecule is C[C@H](OC(=O)/C=C/c1cccc(F)c1)C(=O)Nc1cccc([N+](=O)[O-])c1. The number of anilines is 1. The molecule has 0 radical (unpaired) electrons. The van der Waals surface area contributed by atoms with Crippen LogP contribution in [0.4, 0.5) is 15.8 Å². The molecule has 0 unspecified atom stereocenters. The van der Waals surface area contributed by atoms with E-state index in [1.165, 1.54) is 55.5 Å². The Labute approximate surface area is 148 Å². The number of ether oxygens (including phenoxy) is 1. The molecule has 0 aliphatic carbocycles. The molecule has 134 valence electrons. The predicted octanol–water partition coefficient (Wildman–Crippen LogP) is 3.32. The fourth-order valence-electron chi connectivity index (χ4n) is 1.98. The van der Waals surface area contributed by atoms with Crippen molar-refractivity contribution in [2.45, 2.75) is 13.0 Å². The minimum atomic E-state index is -1.13. The van der Waals surface area contributed by atoms with Gasteiger partial charge in [0.25, 0.3) is 11.6 Å². The lowest BCUT2D eigenvalue weighted by Crippen LogP contribution is -2.29. The van der Waals surface area contributed by atoms with Gasteiger partial charge in [-0.05, 0) is 36.8 Å². The van der Waals surface area contributed by atoms with Crippen LogP contribution in [0, 0.1) is 15.9 Å². The molecule has 7 nitrogen and oxygen atoms in total. The first-order valence-electron chi connectivity index (χ1n) is 7.55. The lowest BCUT2D eigenvalue weighted by molar-refractivity contribution is -0.384. The van der Waals surface area contributed by atoms with E-state index in [2.05, 4.69) is 5.32 Å². The number of nitrogens with one attached hydrogen (secondary N) is 1. The first-order valence-corrected chi connectivity index (χ1v) is 7.55. The number of nitro groups is 1. The van der Waals surface area contributed by atoms with E-state index in [1.807, 2.05) is 0 Å². The first kappa shape index (κ1) is 18.8. The number of non-ortho nitro benzene ring substituents is 1. The van der Waals surface area contributed by atoms with E-state index >= 15 is 0 Å². The highest BCUT2D eigenvalue weighted by molar-refractivity contribution is 5.96. The van der Waals surface area contributed by atoms with Crippen molar-refractivity contribution in [1.29, 1.82) is 0 Å². The fraction of sp³-hybridized carbons (Fsp3) is 0.111. The minimum absolute atomic E-state index is 0.175. The Hall–Kier alpha value is -3.55. The summed E-state index contributed by atoms with van der Waals surface area (Å²) in [5.41, 5.74) is 0.503. The third-order valence-electron chi connectivity index (χ3n) is 3.25. The molecule has 0 saturated heterocycles. The molecule has 0 spiro atoms. The molecule has 2 aromatic rings. The van der Waals surface area contributed by atoms with Crippen LogP contribution in [0.2, 0.25) is 0 Å². The molecule has 0 aliphatic heterocycles. The van der Waals surface area contributed by atoms with Crippen molar-refractivity contribution in [2.75, 3.05) is 5.32 Å². The maximum atomic E-state index is 13.0. The molecule has 0 aliphatic rings. The van der Waals surface area contributed by atoms with Gasteiger partial charge in [0, 0.05) is 23.9 Å². The molecule has 0 fully saturated rings. The molecule has 0 aromatic heterocycles. The molecule has 8 heteroatoms. The zero-order chi connectivity index (χ0) is 19.1. The normalized spacial score (nSPS) is 11.8. The smallest absolute Gasteiger partial charge is 0.331 e. The third-order valence-corrected chi connectivity index (χ3v) is 3.25. The summed E-state index contributed by atoms with van der Waals surface area (Å²) in [6, 6.07) is 11.0. The number of benzene rings is 2. The highest BCUT2D eigenvalue weighted by Gasteiger charge is 2.17. The molecule has 1 amide bonds. The highest BCUT2D eigenvalue weighted by atomic mass is 19.1. The van der Waals surface area contributed by atoms with Crippen molar-refractivity contribution in [2.24, 2.45) is 0 Å². The van der Waals surface area contributed by atoms with Gasteiger partial charge in [0.15, 0.2) is 6.10 Å². The number of amides is 1. The van der Waals surface area contributed by atoms with Crippen molar-refractivity contribution in [1.82, 2.24) is 0 Å². The number of rotatable bonds is 6. The zero-order valence-electron chi connectivity index (χ0n) is 13.7. The van der Waals surface area contributed by atoms with Crippen LogP contribution >= 0.6 is 0 Å². The van der Waals surface area contributed by atoms with Gasteiger partial charge < -0.3 is 10.1 Å².